The van der Waals surface area contributed by atoms with Crippen LogP contribution in [0.3, 0.4) is 0 Å². The predicted octanol–water partition coefficient (Wildman–Crippen LogP) is 5.58. The third-order valence-electron chi connectivity index (χ3n) is 4.61. The van der Waals surface area contributed by atoms with Crippen molar-refractivity contribution in [2.24, 2.45) is 0 Å². The number of ketones is 1. The van der Waals surface area contributed by atoms with E-state index in [-0.39, 0.29) is 10.6 Å². The summed E-state index contributed by atoms with van der Waals surface area (Å²) in [5.74, 6) is 0.230. The molecule has 1 aliphatic rings. The molecule has 0 fully saturated rings. The molecule has 2 aromatic carbocycles. The monoisotopic (exact) mass is 384 g/mol. The zero-order valence-corrected chi connectivity index (χ0v) is 16.1. The predicted molar refractivity (Wildman–Crippen MR) is 104 cm³/mol. The van der Waals surface area contributed by atoms with Gasteiger partial charge in [-0.1, -0.05) is 95.7 Å². The number of rotatable bonds is 2. The summed E-state index contributed by atoms with van der Waals surface area (Å²) in [4.78, 5) is 13.1. The van der Waals surface area contributed by atoms with Crippen LogP contribution in [-0.4, -0.2) is 18.7 Å². The second kappa shape index (κ2) is 6.58. The summed E-state index contributed by atoms with van der Waals surface area (Å²) in [6, 6.07) is 21.7. The van der Waals surface area contributed by atoms with Gasteiger partial charge in [0.25, 0.3) is 0 Å². The van der Waals surface area contributed by atoms with Crippen molar-refractivity contribution in [1.82, 2.24) is 0 Å². The van der Waals surface area contributed by atoms with Gasteiger partial charge in [-0.15, -0.1) is 0 Å². The highest BCUT2D eigenvalue weighted by atomic mass is 79.9. The van der Waals surface area contributed by atoms with Gasteiger partial charge in [-0.3, -0.25) is 4.79 Å². The molecule has 0 saturated carbocycles. The van der Waals surface area contributed by atoms with Crippen molar-refractivity contribution >= 4 is 40.6 Å². The quantitative estimate of drug-likeness (QED) is 0.487. The van der Waals surface area contributed by atoms with Crippen LogP contribution in [0, 0.1) is 0 Å². The largest absolute Gasteiger partial charge is 0.293 e. The second-order valence-corrected chi connectivity index (χ2v) is 12.6. The van der Waals surface area contributed by atoms with E-state index in [2.05, 4.69) is 65.4 Å². The SMILES string of the molecule is C[Si]1(C)CCC(Br)C(=O)C(c2ccccc2)=C1c1ccccc1. The van der Waals surface area contributed by atoms with E-state index in [4.69, 9.17) is 0 Å². The van der Waals surface area contributed by atoms with Crippen molar-refractivity contribution in [2.75, 3.05) is 0 Å². The van der Waals surface area contributed by atoms with E-state index < -0.39 is 8.07 Å². The molecule has 0 aliphatic carbocycles. The average Bonchev–Trinajstić information content (AvgIpc) is 2.66. The lowest BCUT2D eigenvalue weighted by atomic mass is 9.96. The molecule has 0 radical (unpaired) electrons. The Balaban J connectivity index is 2.33. The van der Waals surface area contributed by atoms with E-state index in [1.807, 2.05) is 24.3 Å². The fourth-order valence-electron chi connectivity index (χ4n) is 3.39. The summed E-state index contributed by atoms with van der Waals surface area (Å²) in [5.41, 5.74) is 3.18. The zero-order valence-electron chi connectivity index (χ0n) is 13.6. The van der Waals surface area contributed by atoms with Crippen LogP contribution in [0.4, 0.5) is 0 Å². The first kappa shape index (κ1) is 16.4. The highest BCUT2D eigenvalue weighted by molar-refractivity contribution is 9.10. The van der Waals surface area contributed by atoms with Crippen LogP contribution in [-0.2, 0) is 4.79 Å². The van der Waals surface area contributed by atoms with Gasteiger partial charge < -0.3 is 0 Å². The van der Waals surface area contributed by atoms with Crippen molar-refractivity contribution in [2.45, 2.75) is 30.4 Å². The molecular weight excluding hydrogens is 364 g/mol. The molecular formula is C20H21BrOSi. The van der Waals surface area contributed by atoms with Crippen LogP contribution in [0.1, 0.15) is 17.5 Å². The van der Waals surface area contributed by atoms with Gasteiger partial charge in [-0.25, -0.2) is 0 Å². The fraction of sp³-hybridized carbons (Fsp3) is 0.250. The van der Waals surface area contributed by atoms with Crippen molar-refractivity contribution in [3.05, 3.63) is 71.8 Å². The maximum absolute atomic E-state index is 13.1. The number of hydrogen-bond acceptors (Lipinski definition) is 1. The van der Waals surface area contributed by atoms with Crippen LogP contribution in [0.15, 0.2) is 60.7 Å². The topological polar surface area (TPSA) is 17.1 Å². The lowest BCUT2D eigenvalue weighted by Gasteiger charge is -2.27. The first-order valence-corrected chi connectivity index (χ1v) is 12.2. The van der Waals surface area contributed by atoms with E-state index in [9.17, 15) is 4.79 Å². The lowest BCUT2D eigenvalue weighted by Crippen LogP contribution is -2.28. The number of allylic oxidation sites excluding steroid dienone is 1. The first-order valence-electron chi connectivity index (χ1n) is 8.04. The number of benzene rings is 2. The molecule has 0 N–H and O–H groups in total. The normalized spacial score (nSPS) is 21.2. The molecule has 0 spiro atoms. The molecule has 1 unspecified atom stereocenters. The van der Waals surface area contributed by atoms with Gasteiger partial charge in [-0.2, -0.15) is 0 Å². The summed E-state index contributed by atoms with van der Waals surface area (Å²) in [5, 5.41) is 1.30. The Kier molecular flexibility index (Phi) is 4.69. The van der Waals surface area contributed by atoms with Gasteiger partial charge in [0.05, 0.1) is 12.9 Å². The van der Waals surface area contributed by atoms with E-state index in [1.54, 1.807) is 0 Å². The second-order valence-electron chi connectivity index (χ2n) is 6.74. The van der Waals surface area contributed by atoms with Gasteiger partial charge in [0.2, 0.25) is 0 Å². The summed E-state index contributed by atoms with van der Waals surface area (Å²) < 4.78 is 0. The minimum absolute atomic E-state index is 0.0781. The molecule has 3 rings (SSSR count). The standard InChI is InChI=1S/C20H21BrOSi/c1-23(2)14-13-17(21)19(22)18(15-9-5-3-6-10-15)20(23)16-11-7-4-8-12-16/h3-12,17H,13-14H2,1-2H3. The molecule has 0 saturated heterocycles. The number of halogens is 1. The first-order chi connectivity index (χ1) is 11.0. The van der Waals surface area contributed by atoms with Crippen molar-refractivity contribution < 1.29 is 4.79 Å². The number of alkyl halides is 1. The van der Waals surface area contributed by atoms with Gasteiger partial charge in [0, 0.05) is 5.57 Å². The van der Waals surface area contributed by atoms with Crippen LogP contribution >= 0.6 is 15.9 Å². The van der Waals surface area contributed by atoms with E-state index in [1.165, 1.54) is 10.8 Å². The van der Waals surface area contributed by atoms with Gasteiger partial charge in [0.15, 0.2) is 5.78 Å². The number of carbonyl (C=O) groups is 1. The molecule has 3 heteroatoms. The van der Waals surface area contributed by atoms with Crippen LogP contribution < -0.4 is 0 Å². The highest BCUT2D eigenvalue weighted by Crippen LogP contribution is 2.42. The molecule has 1 nitrogen and oxygen atoms in total. The molecule has 0 aromatic heterocycles. The third kappa shape index (κ3) is 3.26. The summed E-state index contributed by atoms with van der Waals surface area (Å²) in [6.45, 7) is 4.77. The molecule has 23 heavy (non-hydrogen) atoms. The van der Waals surface area contributed by atoms with E-state index >= 15 is 0 Å². The Morgan fingerprint density at radius 2 is 1.43 bits per heavy atom. The van der Waals surface area contributed by atoms with Crippen molar-refractivity contribution in [3.8, 4) is 0 Å². The Bertz CT molecular complexity index is 735. The highest BCUT2D eigenvalue weighted by Gasteiger charge is 2.38. The van der Waals surface area contributed by atoms with Crippen molar-refractivity contribution in [1.29, 1.82) is 0 Å². The maximum Gasteiger partial charge on any atom is 0.176 e. The third-order valence-corrected chi connectivity index (χ3v) is 8.91. The minimum Gasteiger partial charge on any atom is -0.293 e. The molecule has 0 bridgehead atoms. The fourth-order valence-corrected chi connectivity index (χ4v) is 7.43. The number of hydrogen-bond donors (Lipinski definition) is 0. The summed E-state index contributed by atoms with van der Waals surface area (Å²) >= 11 is 3.63. The lowest BCUT2D eigenvalue weighted by molar-refractivity contribution is -0.113. The van der Waals surface area contributed by atoms with Gasteiger partial charge in [-0.05, 0) is 22.7 Å². The van der Waals surface area contributed by atoms with Crippen LogP contribution in [0.5, 0.6) is 0 Å². The molecule has 118 valence electrons. The van der Waals surface area contributed by atoms with E-state index in [0.29, 0.717) is 0 Å². The Hall–Kier alpha value is -1.45. The Morgan fingerprint density at radius 1 is 0.913 bits per heavy atom. The van der Waals surface area contributed by atoms with Gasteiger partial charge >= 0.3 is 0 Å². The Morgan fingerprint density at radius 3 is 2.00 bits per heavy atom. The molecule has 1 aliphatic heterocycles. The van der Waals surface area contributed by atoms with Crippen LogP contribution in [0.25, 0.3) is 10.8 Å². The Labute approximate surface area is 147 Å². The van der Waals surface area contributed by atoms with E-state index in [0.717, 1.165) is 23.6 Å². The summed E-state index contributed by atoms with van der Waals surface area (Å²) in [6.07, 6.45) is 0.921. The molecule has 1 heterocycles. The van der Waals surface area contributed by atoms with Crippen molar-refractivity contribution in [3.63, 3.8) is 0 Å². The number of Topliss-reactive ketones (excluding diaryl/α,β-unsaturated/α-hetero) is 1. The number of carbonyl (C=O) groups excluding carboxylic acids is 1. The maximum atomic E-state index is 13.1. The summed E-state index contributed by atoms with van der Waals surface area (Å²) in [7, 11) is -1.71. The van der Waals surface area contributed by atoms with Crippen LogP contribution in [0.2, 0.25) is 19.1 Å². The minimum atomic E-state index is -1.71. The molecule has 1 atom stereocenters. The smallest absolute Gasteiger partial charge is 0.176 e. The zero-order chi connectivity index (χ0) is 16.4. The van der Waals surface area contributed by atoms with Gasteiger partial charge in [0.1, 0.15) is 0 Å². The molecule has 0 amide bonds. The molecule has 2 aromatic rings. The average molecular weight is 385 g/mol.